The number of anilines is 2. The van der Waals surface area contributed by atoms with E-state index in [0.717, 1.165) is 12.1 Å². The number of pyridine rings is 1. The van der Waals surface area contributed by atoms with Gasteiger partial charge in [0.15, 0.2) is 0 Å². The largest absolute Gasteiger partial charge is 0.416 e. The second-order valence-corrected chi connectivity index (χ2v) is 8.73. The molecule has 6 nitrogen and oxygen atoms in total. The minimum atomic E-state index is -4.61. The second kappa shape index (κ2) is 8.62. The van der Waals surface area contributed by atoms with Gasteiger partial charge in [-0.1, -0.05) is 6.08 Å². The Balaban J connectivity index is 1.92. The lowest BCUT2D eigenvalue weighted by molar-refractivity contribution is -0.137. The van der Waals surface area contributed by atoms with Crippen LogP contribution in [-0.4, -0.2) is 33.5 Å². The molecule has 0 amide bonds. The van der Waals surface area contributed by atoms with Crippen LogP contribution in [0.15, 0.2) is 41.7 Å². The van der Waals surface area contributed by atoms with Crippen molar-refractivity contribution in [3.05, 3.63) is 69.9 Å². The normalized spacial score (nSPS) is 16.9. The fourth-order valence-electron chi connectivity index (χ4n) is 4.43. The topological polar surface area (TPSA) is 77.0 Å². The predicted octanol–water partition coefficient (Wildman–Crippen LogP) is 4.79. The van der Waals surface area contributed by atoms with E-state index >= 15 is 0 Å². The molecule has 2 N–H and O–H groups in total. The van der Waals surface area contributed by atoms with E-state index in [1.165, 1.54) is 23.8 Å². The summed E-state index contributed by atoms with van der Waals surface area (Å²) >= 11 is 0. The van der Waals surface area contributed by atoms with Crippen LogP contribution in [0.25, 0.3) is 10.9 Å². The molecule has 11 heteroatoms. The van der Waals surface area contributed by atoms with Gasteiger partial charge in [-0.2, -0.15) is 13.2 Å². The number of hydrogen-bond donors (Lipinski definition) is 1. The van der Waals surface area contributed by atoms with Crippen molar-refractivity contribution >= 4 is 22.4 Å². The van der Waals surface area contributed by atoms with E-state index in [2.05, 4.69) is 16.5 Å². The maximum absolute atomic E-state index is 13.7. The molecule has 35 heavy (non-hydrogen) atoms. The molecule has 1 atom stereocenters. The molecule has 3 aromatic rings. The Morgan fingerprint density at radius 2 is 1.80 bits per heavy atom. The average molecular weight is 493 g/mol. The molecule has 186 valence electrons. The molecule has 3 heterocycles. The Hall–Kier alpha value is -3.50. The summed E-state index contributed by atoms with van der Waals surface area (Å²) in [6.07, 6.45) is -3.89. The first-order valence-electron chi connectivity index (χ1n) is 10.9. The number of nitrogen functional groups attached to an aromatic ring is 1. The first kappa shape index (κ1) is 24.6. The number of benzene rings is 1. The predicted molar refractivity (Wildman–Crippen MR) is 124 cm³/mol. The van der Waals surface area contributed by atoms with Crippen LogP contribution < -0.4 is 16.2 Å². The fraction of sp³-hybridized carbons (Fsp3) is 0.375. The van der Waals surface area contributed by atoms with Gasteiger partial charge in [-0.25, -0.2) is 18.7 Å². The van der Waals surface area contributed by atoms with Gasteiger partial charge in [0.2, 0.25) is 0 Å². The van der Waals surface area contributed by atoms with Crippen LogP contribution in [0.4, 0.5) is 33.5 Å². The van der Waals surface area contributed by atoms with Gasteiger partial charge in [0, 0.05) is 50.0 Å². The molecule has 0 bridgehead atoms. The van der Waals surface area contributed by atoms with Crippen LogP contribution in [0.2, 0.25) is 0 Å². The van der Waals surface area contributed by atoms with Crippen LogP contribution >= 0.6 is 0 Å². The van der Waals surface area contributed by atoms with Gasteiger partial charge >= 0.3 is 6.18 Å². The highest BCUT2D eigenvalue weighted by Gasteiger charge is 2.35. The molecule has 1 fully saturated rings. The van der Waals surface area contributed by atoms with Gasteiger partial charge in [-0.15, -0.1) is 6.58 Å². The first-order valence-corrected chi connectivity index (χ1v) is 10.9. The van der Waals surface area contributed by atoms with Crippen molar-refractivity contribution in [3.8, 4) is 0 Å². The van der Waals surface area contributed by atoms with E-state index in [0.29, 0.717) is 11.2 Å². The zero-order valence-corrected chi connectivity index (χ0v) is 19.2. The smallest absolute Gasteiger partial charge is 0.399 e. The summed E-state index contributed by atoms with van der Waals surface area (Å²) in [5, 5.41) is 0.312. The van der Waals surface area contributed by atoms with Gasteiger partial charge in [0.1, 0.15) is 17.2 Å². The maximum Gasteiger partial charge on any atom is 0.416 e. The van der Waals surface area contributed by atoms with Crippen LogP contribution in [0.1, 0.15) is 41.4 Å². The van der Waals surface area contributed by atoms with Crippen molar-refractivity contribution in [2.45, 2.75) is 37.8 Å². The highest BCUT2D eigenvalue weighted by atomic mass is 19.4. The molecule has 0 aliphatic carbocycles. The van der Waals surface area contributed by atoms with E-state index in [1.807, 2.05) is 0 Å². The van der Waals surface area contributed by atoms with Gasteiger partial charge in [0.05, 0.1) is 11.3 Å². The summed E-state index contributed by atoms with van der Waals surface area (Å²) in [7, 11) is 1.53. The summed E-state index contributed by atoms with van der Waals surface area (Å²) in [5.74, 6) is -2.95. The van der Waals surface area contributed by atoms with E-state index in [-0.39, 0.29) is 54.2 Å². The fourth-order valence-corrected chi connectivity index (χ4v) is 4.43. The van der Waals surface area contributed by atoms with E-state index in [9.17, 15) is 26.7 Å². The molecule has 1 saturated heterocycles. The van der Waals surface area contributed by atoms with Gasteiger partial charge in [-0.3, -0.25) is 9.36 Å². The van der Waals surface area contributed by atoms with E-state index in [4.69, 9.17) is 5.73 Å². The number of aromatic nitrogens is 3. The lowest BCUT2D eigenvalue weighted by atomic mass is 9.91. The van der Waals surface area contributed by atoms with E-state index in [1.54, 1.807) is 17.9 Å². The standard InChI is InChI=1S/C24H24F5N5O/c1-4-17(14-9-15(24(27,28)29)11-16(30)10-14)20-18-12-19(34-7-5-23(25,26)6-8-34)33(3)22(35)21(18)32-13(2)31-20/h4,9-12,17H,1,5-8,30H2,2-3H3/t17-/m1/s1. The minimum absolute atomic E-state index is 0.0445. The Bertz CT molecular complexity index is 1360. The lowest BCUT2D eigenvalue weighted by Gasteiger charge is -2.34. The number of piperidine rings is 1. The highest BCUT2D eigenvalue weighted by Crippen LogP contribution is 2.37. The summed E-state index contributed by atoms with van der Waals surface area (Å²) in [4.78, 5) is 23.6. The van der Waals surface area contributed by atoms with Crippen molar-refractivity contribution in [1.29, 1.82) is 0 Å². The zero-order chi connectivity index (χ0) is 25.7. The molecule has 0 spiro atoms. The van der Waals surface area contributed by atoms with Crippen molar-refractivity contribution in [2.24, 2.45) is 7.05 Å². The molecule has 4 rings (SSSR count). The highest BCUT2D eigenvalue weighted by molar-refractivity contribution is 5.84. The third-order valence-electron chi connectivity index (χ3n) is 6.22. The Labute approximate surface area is 197 Å². The molecule has 0 saturated carbocycles. The maximum atomic E-state index is 13.7. The van der Waals surface area contributed by atoms with Gasteiger partial charge < -0.3 is 10.6 Å². The number of hydrogen-bond acceptors (Lipinski definition) is 5. The molecule has 2 aromatic heterocycles. The number of nitrogens with zero attached hydrogens (tertiary/aromatic N) is 4. The Kier molecular flexibility index (Phi) is 6.06. The number of aryl methyl sites for hydroxylation is 1. The molecule has 1 aliphatic heterocycles. The summed E-state index contributed by atoms with van der Waals surface area (Å²) in [6.45, 7) is 5.44. The van der Waals surface area contributed by atoms with E-state index < -0.39 is 29.1 Å². The minimum Gasteiger partial charge on any atom is -0.399 e. The quantitative estimate of drug-likeness (QED) is 0.321. The number of rotatable bonds is 4. The zero-order valence-electron chi connectivity index (χ0n) is 19.2. The number of fused-ring (bicyclic) bond motifs is 1. The van der Waals surface area contributed by atoms with Crippen LogP contribution in [0.3, 0.4) is 0 Å². The molecule has 1 aliphatic rings. The number of allylic oxidation sites excluding steroid dienone is 1. The molecular weight excluding hydrogens is 469 g/mol. The number of nitrogens with two attached hydrogens (primary N) is 1. The molecule has 0 radical (unpaired) electrons. The van der Waals surface area contributed by atoms with Crippen molar-refractivity contribution in [1.82, 2.24) is 14.5 Å². The summed E-state index contributed by atoms with van der Waals surface area (Å²) in [5.41, 5.74) is 4.86. The van der Waals surface area contributed by atoms with Crippen molar-refractivity contribution < 1.29 is 22.0 Å². The summed E-state index contributed by atoms with van der Waals surface area (Å²) in [6, 6.07) is 4.84. The summed E-state index contributed by atoms with van der Waals surface area (Å²) < 4.78 is 69.1. The van der Waals surface area contributed by atoms with Crippen LogP contribution in [0, 0.1) is 6.92 Å². The number of alkyl halides is 5. The first-order chi connectivity index (χ1) is 16.3. The van der Waals surface area contributed by atoms with Crippen molar-refractivity contribution in [2.75, 3.05) is 23.7 Å². The lowest BCUT2D eigenvalue weighted by Crippen LogP contribution is -2.41. The Morgan fingerprint density at radius 3 is 2.40 bits per heavy atom. The molecular formula is C24H24F5N5O. The Morgan fingerprint density at radius 1 is 1.14 bits per heavy atom. The van der Waals surface area contributed by atoms with Crippen LogP contribution in [-0.2, 0) is 13.2 Å². The third-order valence-corrected chi connectivity index (χ3v) is 6.22. The number of halogens is 5. The molecule has 1 aromatic carbocycles. The van der Waals surface area contributed by atoms with Gasteiger partial charge in [0.25, 0.3) is 11.5 Å². The molecule has 0 unspecified atom stereocenters. The van der Waals surface area contributed by atoms with Gasteiger partial charge in [-0.05, 0) is 36.8 Å². The van der Waals surface area contributed by atoms with Crippen molar-refractivity contribution in [3.63, 3.8) is 0 Å². The SMILES string of the molecule is C=C[C@H](c1cc(N)cc(C(F)(F)F)c1)c1nc(C)nc2c(=O)n(C)c(N3CCC(F)(F)CC3)cc12. The second-order valence-electron chi connectivity index (χ2n) is 8.73. The van der Waals surface area contributed by atoms with Crippen LogP contribution in [0.5, 0.6) is 0 Å². The monoisotopic (exact) mass is 493 g/mol. The third kappa shape index (κ3) is 4.71. The average Bonchev–Trinajstić information content (AvgIpc) is 2.76.